The molecule has 2 N–H and O–H groups in total. The summed E-state index contributed by atoms with van der Waals surface area (Å²) in [6.07, 6.45) is 0.124. The zero-order valence-electron chi connectivity index (χ0n) is 33.8. The van der Waals surface area contributed by atoms with Crippen molar-refractivity contribution in [3.8, 4) is 23.0 Å². The van der Waals surface area contributed by atoms with Gasteiger partial charge in [0.2, 0.25) is 0 Å². The summed E-state index contributed by atoms with van der Waals surface area (Å²) in [6, 6.07) is 25.0. The number of sulfonamides is 3. The van der Waals surface area contributed by atoms with Gasteiger partial charge in [0.1, 0.15) is 40.5 Å². The molecule has 0 fully saturated rings. The normalized spacial score (nSPS) is 13.1. The van der Waals surface area contributed by atoms with Crippen molar-refractivity contribution in [3.05, 3.63) is 126 Å². The van der Waals surface area contributed by atoms with Gasteiger partial charge in [-0.3, -0.25) is 13.9 Å². The second kappa shape index (κ2) is 18.1. The number of nitrogens with zero attached hydrogens (tertiary/aromatic N) is 2. The molecule has 2 amide bonds. The van der Waals surface area contributed by atoms with Crippen LogP contribution in [0.4, 0.5) is 11.4 Å². The number of ether oxygens (including phenoxy) is 4. The number of aryl methyl sites for hydroxylation is 1. The molecule has 0 saturated heterocycles. The van der Waals surface area contributed by atoms with Crippen LogP contribution >= 0.6 is 0 Å². The Kier molecular flexibility index (Phi) is 13.1. The minimum atomic E-state index is -4.61. The van der Waals surface area contributed by atoms with Crippen molar-refractivity contribution in [2.45, 2.75) is 41.0 Å². The Bertz CT molecular complexity index is 2760. The highest BCUT2D eigenvalue weighted by Crippen LogP contribution is 2.42. The number of amides is 2. The maximum atomic E-state index is 14.6. The van der Waals surface area contributed by atoms with Crippen LogP contribution < -0.4 is 37.6 Å². The van der Waals surface area contributed by atoms with E-state index in [4.69, 9.17) is 18.9 Å². The molecule has 1 aliphatic heterocycles. The van der Waals surface area contributed by atoms with Crippen LogP contribution in [-0.4, -0.2) is 78.1 Å². The van der Waals surface area contributed by atoms with Crippen molar-refractivity contribution in [1.82, 2.24) is 9.44 Å². The van der Waals surface area contributed by atoms with Crippen LogP contribution in [0.1, 0.15) is 29.7 Å². The summed E-state index contributed by atoms with van der Waals surface area (Å²) in [4.78, 5) is 29.0. The average Bonchev–Trinajstić information content (AvgIpc) is 3.66. The van der Waals surface area contributed by atoms with Crippen LogP contribution in [0.2, 0.25) is 0 Å². The summed E-state index contributed by atoms with van der Waals surface area (Å²) < 4.78 is 110. The van der Waals surface area contributed by atoms with Crippen LogP contribution in [-0.2, 0) is 46.1 Å². The van der Waals surface area contributed by atoms with E-state index >= 15 is 0 Å². The number of carbonyl (C=O) groups excluding carboxylic acids is 2. The molecule has 6 rings (SSSR count). The molecule has 1 heterocycles. The third-order valence-corrected chi connectivity index (χ3v) is 14.3. The van der Waals surface area contributed by atoms with E-state index in [9.17, 15) is 34.8 Å². The van der Waals surface area contributed by atoms with Gasteiger partial charge < -0.3 is 23.8 Å². The number of anilines is 2. The predicted molar refractivity (Wildman–Crippen MR) is 227 cm³/mol. The molecule has 322 valence electrons. The molecular weight excluding hydrogens is 849 g/mol. The molecule has 0 saturated carbocycles. The van der Waals surface area contributed by atoms with E-state index in [1.165, 1.54) is 94.1 Å². The Hall–Kier alpha value is -6.31. The third-order valence-electron chi connectivity index (χ3n) is 9.75. The monoisotopic (exact) mass is 892 g/mol. The fourth-order valence-corrected chi connectivity index (χ4v) is 10.5. The van der Waals surface area contributed by atoms with Gasteiger partial charge in [0.15, 0.2) is 0 Å². The van der Waals surface area contributed by atoms with Crippen LogP contribution in [0.5, 0.6) is 23.0 Å². The molecular formula is C42H44N4O12S3. The lowest BCUT2D eigenvalue weighted by Crippen LogP contribution is -2.43. The van der Waals surface area contributed by atoms with Gasteiger partial charge in [-0.25, -0.2) is 34.7 Å². The molecule has 1 aliphatic rings. The Morgan fingerprint density at radius 1 is 0.721 bits per heavy atom. The lowest BCUT2D eigenvalue weighted by Gasteiger charge is -2.31. The third kappa shape index (κ3) is 9.53. The summed E-state index contributed by atoms with van der Waals surface area (Å²) in [5, 5.41) is 0. The zero-order chi connectivity index (χ0) is 44.1. The van der Waals surface area contributed by atoms with Crippen LogP contribution in [0.25, 0.3) is 0 Å². The Balaban J connectivity index is 1.41. The molecule has 0 radical (unpaired) electrons. The number of rotatable bonds is 17. The van der Waals surface area contributed by atoms with Crippen molar-refractivity contribution < 1.29 is 53.8 Å². The highest BCUT2D eigenvalue weighted by molar-refractivity contribution is 7.93. The minimum absolute atomic E-state index is 0.0197. The molecule has 16 nitrogen and oxygen atoms in total. The molecule has 5 aromatic carbocycles. The lowest BCUT2D eigenvalue weighted by atomic mass is 10.0. The Morgan fingerprint density at radius 2 is 1.38 bits per heavy atom. The summed E-state index contributed by atoms with van der Waals surface area (Å²) in [7, 11) is -9.41. The van der Waals surface area contributed by atoms with Gasteiger partial charge in [0, 0.05) is 17.8 Å². The lowest BCUT2D eigenvalue weighted by molar-refractivity contribution is -0.121. The van der Waals surface area contributed by atoms with Crippen LogP contribution in [0, 0.1) is 6.92 Å². The highest BCUT2D eigenvalue weighted by atomic mass is 32.2. The first-order valence-electron chi connectivity index (χ1n) is 18.7. The van der Waals surface area contributed by atoms with E-state index in [2.05, 4.69) is 4.72 Å². The predicted octanol–water partition coefficient (Wildman–Crippen LogP) is 4.73. The minimum Gasteiger partial charge on any atom is -0.497 e. The first-order valence-corrected chi connectivity index (χ1v) is 23.1. The van der Waals surface area contributed by atoms with Gasteiger partial charge in [0.25, 0.3) is 41.9 Å². The first kappa shape index (κ1) is 44.2. The topological polar surface area (TPSA) is 204 Å². The smallest absolute Gasteiger partial charge is 0.267 e. The van der Waals surface area contributed by atoms with Crippen LogP contribution in [0.15, 0.2) is 124 Å². The van der Waals surface area contributed by atoms with E-state index in [-0.39, 0.29) is 39.1 Å². The molecule has 19 heteroatoms. The molecule has 0 aliphatic carbocycles. The van der Waals surface area contributed by atoms with Gasteiger partial charge in [0.05, 0.1) is 43.4 Å². The number of fused-ring (bicyclic) bond motifs is 1. The maximum absolute atomic E-state index is 14.6. The second-order valence-corrected chi connectivity index (χ2v) is 18.8. The molecule has 0 spiro atoms. The molecule has 1 atom stereocenters. The molecule has 0 aromatic heterocycles. The molecule has 5 aromatic rings. The number of hydrogen-bond acceptors (Lipinski definition) is 13. The van der Waals surface area contributed by atoms with E-state index < -0.39 is 54.5 Å². The highest BCUT2D eigenvalue weighted by Gasteiger charge is 2.39. The van der Waals surface area contributed by atoms with E-state index in [1.807, 2.05) is 4.72 Å². The quantitative estimate of drug-likeness (QED) is 0.130. The molecule has 1 unspecified atom stereocenters. The molecule has 61 heavy (non-hydrogen) atoms. The SMILES string of the molecule is CCOc1ccc(S(=O)(=O)NC(=O)CN(c2cccc3c2CCN3C(C(=O)NS(=O)(=O)c2ccc(C)cc2OC)c2cccc(OC)c2)S(=O)(=O)c2ccc(OC)cc2)cc1. The summed E-state index contributed by atoms with van der Waals surface area (Å²) in [5.41, 5.74) is 1.83. The summed E-state index contributed by atoms with van der Waals surface area (Å²) in [6.45, 7) is 2.99. The average molecular weight is 893 g/mol. The zero-order valence-corrected chi connectivity index (χ0v) is 36.3. The van der Waals surface area contributed by atoms with Crippen molar-refractivity contribution >= 4 is 53.3 Å². The van der Waals surface area contributed by atoms with Gasteiger partial charge in [-0.05, 0) is 116 Å². The van der Waals surface area contributed by atoms with Crippen molar-refractivity contribution in [1.29, 1.82) is 0 Å². The number of hydrogen-bond donors (Lipinski definition) is 2. The van der Waals surface area contributed by atoms with Gasteiger partial charge >= 0.3 is 0 Å². The van der Waals surface area contributed by atoms with Gasteiger partial charge in [-0.1, -0.05) is 24.3 Å². The fourth-order valence-electron chi connectivity index (χ4n) is 6.89. The van der Waals surface area contributed by atoms with Crippen molar-refractivity contribution in [2.24, 2.45) is 0 Å². The standard InChI is InChI=1S/C42H44N4O12S3/c1-6-58-31-16-18-33(19-17-31)59(49,50)43-40(47)27-46(61(53,54)34-20-14-30(55-3)15-21-34)37-12-8-11-36-35(37)23-24-45(36)41(29-9-7-10-32(26-29)56-4)42(48)44-60(51,52)39-22-13-28(2)25-38(39)57-5/h7-22,25-26,41H,6,23-24,27H2,1-5H3,(H,43,47)(H,44,48). The Labute approximate surface area is 355 Å². The molecule has 0 bridgehead atoms. The largest absolute Gasteiger partial charge is 0.497 e. The van der Waals surface area contributed by atoms with Gasteiger partial charge in [-0.15, -0.1) is 0 Å². The van der Waals surface area contributed by atoms with Crippen molar-refractivity contribution in [3.63, 3.8) is 0 Å². The van der Waals surface area contributed by atoms with E-state index in [1.54, 1.807) is 55.1 Å². The van der Waals surface area contributed by atoms with E-state index in [0.717, 1.165) is 9.87 Å². The van der Waals surface area contributed by atoms with E-state index in [0.29, 0.717) is 40.7 Å². The maximum Gasteiger partial charge on any atom is 0.267 e. The van der Waals surface area contributed by atoms with Crippen LogP contribution in [0.3, 0.4) is 0 Å². The number of carbonyl (C=O) groups is 2. The summed E-state index contributed by atoms with van der Waals surface area (Å²) in [5.74, 6) is -0.903. The van der Waals surface area contributed by atoms with Gasteiger partial charge in [-0.2, -0.15) is 0 Å². The first-order chi connectivity index (χ1) is 29.0. The number of nitrogens with one attached hydrogen (secondary N) is 2. The second-order valence-electron chi connectivity index (χ2n) is 13.6. The fraction of sp³-hybridized carbons (Fsp3) is 0.238. The Morgan fingerprint density at radius 3 is 2.03 bits per heavy atom. The van der Waals surface area contributed by atoms with Crippen molar-refractivity contribution in [2.75, 3.05) is 50.2 Å². The number of methoxy groups -OCH3 is 3. The summed E-state index contributed by atoms with van der Waals surface area (Å²) >= 11 is 0. The number of benzene rings is 5.